The zero-order chi connectivity index (χ0) is 14.7. The van der Waals surface area contributed by atoms with E-state index in [0.717, 1.165) is 25.4 Å². The van der Waals surface area contributed by atoms with Crippen molar-refractivity contribution in [2.45, 2.75) is 66.2 Å². The first kappa shape index (κ1) is 18.2. The van der Waals surface area contributed by atoms with Gasteiger partial charge in [0.2, 0.25) is 0 Å². The van der Waals surface area contributed by atoms with Crippen LogP contribution in [0.15, 0.2) is 5.16 Å². The smallest absolute Gasteiger partial charge is 0.144 e. The molecule has 114 valence electrons. The van der Waals surface area contributed by atoms with Gasteiger partial charge in [0.25, 0.3) is 0 Å². The standard InChI is InChI=1S/C15H33N3O/c1-13(2)9-7-5-6-8-11-17-12-10-15(3,4)14(16)18-19/h13,17,19H,5-12H2,1-4H3,(H2,16,18). The van der Waals surface area contributed by atoms with Gasteiger partial charge >= 0.3 is 0 Å². The van der Waals surface area contributed by atoms with Crippen LogP contribution in [0.5, 0.6) is 0 Å². The molecule has 0 atom stereocenters. The Balaban J connectivity index is 3.41. The number of unbranched alkanes of at least 4 members (excludes halogenated alkanes) is 3. The molecule has 0 spiro atoms. The second-order valence-electron chi connectivity index (χ2n) is 6.47. The molecule has 0 unspecified atom stereocenters. The van der Waals surface area contributed by atoms with Crippen molar-refractivity contribution in [3.05, 3.63) is 0 Å². The van der Waals surface area contributed by atoms with Gasteiger partial charge in [-0.2, -0.15) is 0 Å². The SMILES string of the molecule is CC(C)CCCCCCNCCC(C)(C)C(N)=NO. The highest BCUT2D eigenvalue weighted by Gasteiger charge is 2.22. The summed E-state index contributed by atoms with van der Waals surface area (Å²) in [6.07, 6.45) is 7.48. The Morgan fingerprint density at radius 1 is 1.16 bits per heavy atom. The topological polar surface area (TPSA) is 70.6 Å². The van der Waals surface area contributed by atoms with Gasteiger partial charge in [0.05, 0.1) is 0 Å². The second-order valence-corrected chi connectivity index (χ2v) is 6.47. The van der Waals surface area contributed by atoms with Crippen LogP contribution in [-0.4, -0.2) is 24.1 Å². The maximum Gasteiger partial charge on any atom is 0.144 e. The van der Waals surface area contributed by atoms with E-state index in [1.54, 1.807) is 0 Å². The maximum atomic E-state index is 8.68. The van der Waals surface area contributed by atoms with E-state index in [1.807, 2.05) is 13.8 Å². The van der Waals surface area contributed by atoms with Crippen molar-refractivity contribution in [3.8, 4) is 0 Å². The van der Waals surface area contributed by atoms with Crippen molar-refractivity contribution in [3.63, 3.8) is 0 Å². The van der Waals surface area contributed by atoms with Crippen molar-refractivity contribution in [1.29, 1.82) is 0 Å². The number of nitrogens with two attached hydrogens (primary N) is 1. The van der Waals surface area contributed by atoms with E-state index in [1.165, 1.54) is 32.1 Å². The minimum absolute atomic E-state index is 0.237. The first-order valence-electron chi connectivity index (χ1n) is 7.59. The summed E-state index contributed by atoms with van der Waals surface area (Å²) >= 11 is 0. The van der Waals surface area contributed by atoms with Crippen molar-refractivity contribution in [2.75, 3.05) is 13.1 Å². The fourth-order valence-electron chi connectivity index (χ4n) is 1.95. The quantitative estimate of drug-likeness (QED) is 0.177. The van der Waals surface area contributed by atoms with Crippen LogP contribution in [0, 0.1) is 11.3 Å². The Hall–Kier alpha value is -0.770. The van der Waals surface area contributed by atoms with E-state index < -0.39 is 0 Å². The number of hydrogen-bond donors (Lipinski definition) is 3. The Morgan fingerprint density at radius 3 is 2.37 bits per heavy atom. The minimum Gasteiger partial charge on any atom is -0.409 e. The van der Waals surface area contributed by atoms with Crippen LogP contribution in [-0.2, 0) is 0 Å². The van der Waals surface area contributed by atoms with Crippen LogP contribution < -0.4 is 11.1 Å². The fraction of sp³-hybridized carbons (Fsp3) is 0.933. The number of hydrogen-bond acceptors (Lipinski definition) is 3. The minimum atomic E-state index is -0.237. The molecule has 0 heterocycles. The molecule has 0 aromatic carbocycles. The molecule has 0 saturated carbocycles. The first-order chi connectivity index (χ1) is 8.90. The van der Waals surface area contributed by atoms with E-state index in [-0.39, 0.29) is 5.41 Å². The van der Waals surface area contributed by atoms with E-state index in [0.29, 0.717) is 5.84 Å². The lowest BCUT2D eigenvalue weighted by Gasteiger charge is -2.22. The zero-order valence-electron chi connectivity index (χ0n) is 13.2. The third-order valence-corrected chi connectivity index (χ3v) is 3.61. The average molecular weight is 271 g/mol. The number of nitrogens with one attached hydrogen (secondary N) is 1. The van der Waals surface area contributed by atoms with Gasteiger partial charge < -0.3 is 16.3 Å². The molecule has 4 N–H and O–H groups in total. The number of amidine groups is 1. The molecule has 0 rings (SSSR count). The molecule has 19 heavy (non-hydrogen) atoms. The monoisotopic (exact) mass is 271 g/mol. The van der Waals surface area contributed by atoms with Gasteiger partial charge in [-0.3, -0.25) is 0 Å². The molecule has 0 bridgehead atoms. The fourth-order valence-corrected chi connectivity index (χ4v) is 1.95. The highest BCUT2D eigenvalue weighted by atomic mass is 16.4. The lowest BCUT2D eigenvalue weighted by molar-refractivity contribution is 0.305. The molecule has 0 fully saturated rings. The van der Waals surface area contributed by atoms with Gasteiger partial charge in [-0.25, -0.2) is 0 Å². The number of rotatable bonds is 11. The highest BCUT2D eigenvalue weighted by Crippen LogP contribution is 2.19. The van der Waals surface area contributed by atoms with Crippen molar-refractivity contribution < 1.29 is 5.21 Å². The maximum absolute atomic E-state index is 8.68. The largest absolute Gasteiger partial charge is 0.409 e. The number of nitrogens with zero attached hydrogens (tertiary/aromatic N) is 1. The van der Waals surface area contributed by atoms with Crippen LogP contribution in [0.4, 0.5) is 0 Å². The third kappa shape index (κ3) is 9.77. The molecule has 0 saturated heterocycles. The molecule has 0 amide bonds. The molecule has 0 aliphatic carbocycles. The Morgan fingerprint density at radius 2 is 1.79 bits per heavy atom. The molecular formula is C15H33N3O. The zero-order valence-corrected chi connectivity index (χ0v) is 13.2. The summed E-state index contributed by atoms with van der Waals surface area (Å²) in [5.41, 5.74) is 5.41. The molecule has 4 heteroatoms. The highest BCUT2D eigenvalue weighted by molar-refractivity contribution is 5.85. The summed E-state index contributed by atoms with van der Waals surface area (Å²) in [6, 6.07) is 0. The van der Waals surface area contributed by atoms with Gasteiger partial charge in [-0.1, -0.05) is 58.5 Å². The predicted octanol–water partition coefficient (Wildman–Crippen LogP) is 3.35. The molecule has 0 aromatic heterocycles. The van der Waals surface area contributed by atoms with Gasteiger partial charge in [-0.15, -0.1) is 0 Å². The Bertz CT molecular complexity index is 250. The third-order valence-electron chi connectivity index (χ3n) is 3.61. The molecular weight excluding hydrogens is 238 g/mol. The van der Waals surface area contributed by atoms with Crippen LogP contribution in [0.2, 0.25) is 0 Å². The molecule has 0 aliphatic heterocycles. The Labute approximate surface area is 118 Å². The molecule has 4 nitrogen and oxygen atoms in total. The summed E-state index contributed by atoms with van der Waals surface area (Å²) in [6.45, 7) is 10.5. The van der Waals surface area contributed by atoms with Crippen LogP contribution in [0.1, 0.15) is 66.2 Å². The summed E-state index contributed by atoms with van der Waals surface area (Å²) in [7, 11) is 0. The normalized spacial score (nSPS) is 13.2. The van der Waals surface area contributed by atoms with Crippen LogP contribution in [0.3, 0.4) is 0 Å². The van der Waals surface area contributed by atoms with E-state index in [9.17, 15) is 0 Å². The molecule has 0 radical (unpaired) electrons. The average Bonchev–Trinajstić information content (AvgIpc) is 2.35. The predicted molar refractivity (Wildman–Crippen MR) is 82.6 cm³/mol. The summed E-state index contributed by atoms with van der Waals surface area (Å²) < 4.78 is 0. The van der Waals surface area contributed by atoms with Gasteiger partial charge in [0, 0.05) is 5.41 Å². The van der Waals surface area contributed by atoms with Crippen molar-refractivity contribution >= 4 is 5.84 Å². The van der Waals surface area contributed by atoms with Crippen LogP contribution in [0.25, 0.3) is 0 Å². The van der Waals surface area contributed by atoms with Crippen molar-refractivity contribution in [1.82, 2.24) is 5.32 Å². The molecule has 0 aliphatic rings. The van der Waals surface area contributed by atoms with E-state index in [4.69, 9.17) is 10.9 Å². The summed E-state index contributed by atoms with van der Waals surface area (Å²) in [5, 5.41) is 15.2. The lowest BCUT2D eigenvalue weighted by atomic mass is 9.88. The van der Waals surface area contributed by atoms with Gasteiger partial charge in [0.15, 0.2) is 0 Å². The van der Waals surface area contributed by atoms with Crippen LogP contribution >= 0.6 is 0 Å². The van der Waals surface area contributed by atoms with E-state index in [2.05, 4.69) is 24.3 Å². The number of oxime groups is 1. The van der Waals surface area contributed by atoms with Gasteiger partial charge in [0.1, 0.15) is 5.84 Å². The Kier molecular flexibility index (Phi) is 9.66. The van der Waals surface area contributed by atoms with E-state index >= 15 is 0 Å². The first-order valence-corrected chi connectivity index (χ1v) is 7.59. The molecule has 0 aromatic rings. The summed E-state index contributed by atoms with van der Waals surface area (Å²) in [4.78, 5) is 0. The van der Waals surface area contributed by atoms with Crippen molar-refractivity contribution in [2.24, 2.45) is 22.2 Å². The van der Waals surface area contributed by atoms with Gasteiger partial charge in [-0.05, 0) is 31.8 Å². The summed E-state index contributed by atoms with van der Waals surface area (Å²) in [5.74, 6) is 1.14. The second kappa shape index (κ2) is 10.1. The lowest BCUT2D eigenvalue weighted by Crippen LogP contribution is -2.35.